The first-order valence-electron chi connectivity index (χ1n) is 6.12. The first kappa shape index (κ1) is 14.6. The van der Waals surface area contributed by atoms with Gasteiger partial charge in [0.05, 0.1) is 12.2 Å². The fourth-order valence-corrected chi connectivity index (χ4v) is 2.09. The molecule has 3 nitrogen and oxygen atoms in total. The van der Waals surface area contributed by atoms with Crippen LogP contribution >= 0.6 is 11.8 Å². The van der Waals surface area contributed by atoms with E-state index in [4.69, 9.17) is 0 Å². The minimum Gasteiger partial charge on any atom is -0.308 e. The van der Waals surface area contributed by atoms with Crippen molar-refractivity contribution in [1.82, 2.24) is 15.1 Å². The van der Waals surface area contributed by atoms with Crippen LogP contribution in [-0.2, 0) is 13.1 Å². The van der Waals surface area contributed by atoms with Crippen molar-refractivity contribution < 1.29 is 0 Å². The van der Waals surface area contributed by atoms with Crippen molar-refractivity contribution in [2.75, 3.05) is 12.0 Å². The van der Waals surface area contributed by atoms with E-state index in [1.165, 1.54) is 11.3 Å². The molecule has 0 aliphatic heterocycles. The van der Waals surface area contributed by atoms with Crippen LogP contribution in [0.4, 0.5) is 0 Å². The highest BCUT2D eigenvalue weighted by Gasteiger charge is 2.14. The molecule has 1 rings (SSSR count). The Bertz CT molecular complexity index is 363. The molecule has 1 aromatic heterocycles. The smallest absolute Gasteiger partial charge is 0.0641 e. The maximum Gasteiger partial charge on any atom is 0.0641 e. The van der Waals surface area contributed by atoms with Gasteiger partial charge in [-0.25, -0.2) is 0 Å². The van der Waals surface area contributed by atoms with E-state index in [0.29, 0.717) is 0 Å². The van der Waals surface area contributed by atoms with E-state index in [0.717, 1.165) is 24.5 Å². The van der Waals surface area contributed by atoms with Crippen LogP contribution < -0.4 is 5.32 Å². The van der Waals surface area contributed by atoms with Gasteiger partial charge in [0.2, 0.25) is 0 Å². The largest absolute Gasteiger partial charge is 0.308 e. The maximum atomic E-state index is 4.61. The summed E-state index contributed by atoms with van der Waals surface area (Å²) in [5.74, 6) is 1.12. The molecule has 0 atom stereocenters. The Labute approximate surface area is 109 Å². The normalized spacial score (nSPS) is 12.1. The SMILES string of the molecule is CSCCn1nc(C)c(CNC(C)(C)C)c1C. The third-order valence-corrected chi connectivity index (χ3v) is 3.42. The topological polar surface area (TPSA) is 29.9 Å². The minimum atomic E-state index is 0.153. The average Bonchev–Trinajstić information content (AvgIpc) is 2.47. The molecule has 0 saturated carbocycles. The second-order valence-corrected chi connectivity index (χ2v) is 6.45. The first-order valence-corrected chi connectivity index (χ1v) is 7.51. The fourth-order valence-electron chi connectivity index (χ4n) is 1.74. The van der Waals surface area contributed by atoms with Gasteiger partial charge in [0.25, 0.3) is 0 Å². The minimum absolute atomic E-state index is 0.153. The highest BCUT2D eigenvalue weighted by molar-refractivity contribution is 7.98. The lowest BCUT2D eigenvalue weighted by Crippen LogP contribution is -2.35. The van der Waals surface area contributed by atoms with Crippen LogP contribution in [0.15, 0.2) is 0 Å². The average molecular weight is 255 g/mol. The van der Waals surface area contributed by atoms with Crippen LogP contribution in [0.3, 0.4) is 0 Å². The molecular formula is C13H25N3S. The van der Waals surface area contributed by atoms with E-state index in [9.17, 15) is 0 Å². The van der Waals surface area contributed by atoms with Crippen molar-refractivity contribution in [1.29, 1.82) is 0 Å². The lowest BCUT2D eigenvalue weighted by atomic mass is 10.1. The van der Waals surface area contributed by atoms with E-state index < -0.39 is 0 Å². The van der Waals surface area contributed by atoms with Crippen molar-refractivity contribution in [3.05, 3.63) is 17.0 Å². The molecule has 17 heavy (non-hydrogen) atoms. The van der Waals surface area contributed by atoms with Crippen LogP contribution in [0.1, 0.15) is 37.7 Å². The van der Waals surface area contributed by atoms with Gasteiger partial charge in [-0.1, -0.05) is 0 Å². The maximum absolute atomic E-state index is 4.61. The van der Waals surface area contributed by atoms with Gasteiger partial charge in [-0.05, 0) is 40.9 Å². The molecule has 0 bridgehead atoms. The molecule has 0 radical (unpaired) electrons. The number of nitrogens with zero attached hydrogens (tertiary/aromatic N) is 2. The van der Waals surface area contributed by atoms with Gasteiger partial charge >= 0.3 is 0 Å². The van der Waals surface area contributed by atoms with Gasteiger partial charge in [0.15, 0.2) is 0 Å². The van der Waals surface area contributed by atoms with E-state index in [1.807, 2.05) is 11.8 Å². The van der Waals surface area contributed by atoms with Crippen molar-refractivity contribution in [3.8, 4) is 0 Å². The molecule has 0 fully saturated rings. The van der Waals surface area contributed by atoms with Gasteiger partial charge in [-0.15, -0.1) is 0 Å². The summed E-state index contributed by atoms with van der Waals surface area (Å²) in [4.78, 5) is 0. The Morgan fingerprint density at radius 2 is 1.94 bits per heavy atom. The zero-order valence-electron chi connectivity index (χ0n) is 11.9. The molecule has 0 aliphatic carbocycles. The molecule has 0 aliphatic rings. The standard InChI is InChI=1S/C13H25N3S/c1-10-12(9-14-13(3,4)5)11(2)16(15-10)7-8-17-6/h14H,7-9H2,1-6H3. The van der Waals surface area contributed by atoms with E-state index in [-0.39, 0.29) is 5.54 Å². The fraction of sp³-hybridized carbons (Fsp3) is 0.769. The van der Waals surface area contributed by atoms with Gasteiger partial charge in [-0.3, -0.25) is 4.68 Å². The Morgan fingerprint density at radius 3 is 2.47 bits per heavy atom. The molecule has 1 heterocycles. The van der Waals surface area contributed by atoms with Crippen LogP contribution in [-0.4, -0.2) is 27.3 Å². The Balaban J connectivity index is 2.75. The summed E-state index contributed by atoms with van der Waals surface area (Å²) in [5, 5.41) is 8.14. The Kier molecular flexibility index (Phi) is 5.07. The van der Waals surface area contributed by atoms with Crippen LogP contribution in [0.5, 0.6) is 0 Å². The third kappa shape index (κ3) is 4.36. The predicted octanol–water partition coefficient (Wildman–Crippen LogP) is 2.75. The zero-order valence-corrected chi connectivity index (χ0v) is 12.7. The number of aromatic nitrogens is 2. The van der Waals surface area contributed by atoms with Crippen molar-refractivity contribution >= 4 is 11.8 Å². The molecule has 0 aromatic carbocycles. The van der Waals surface area contributed by atoms with Gasteiger partial charge < -0.3 is 5.32 Å². The quantitative estimate of drug-likeness (QED) is 0.877. The lowest BCUT2D eigenvalue weighted by molar-refractivity contribution is 0.423. The molecule has 0 saturated heterocycles. The summed E-state index contributed by atoms with van der Waals surface area (Å²) in [6, 6.07) is 0. The molecule has 0 amide bonds. The monoisotopic (exact) mass is 255 g/mol. The Hall–Kier alpha value is -0.480. The number of hydrogen-bond acceptors (Lipinski definition) is 3. The van der Waals surface area contributed by atoms with Crippen LogP contribution in [0.2, 0.25) is 0 Å². The Morgan fingerprint density at radius 1 is 1.29 bits per heavy atom. The summed E-state index contributed by atoms with van der Waals surface area (Å²) in [6.45, 7) is 12.7. The number of hydrogen-bond donors (Lipinski definition) is 1. The van der Waals surface area contributed by atoms with Gasteiger partial charge in [-0.2, -0.15) is 16.9 Å². The second kappa shape index (κ2) is 5.91. The van der Waals surface area contributed by atoms with E-state index in [2.05, 4.69) is 56.0 Å². The summed E-state index contributed by atoms with van der Waals surface area (Å²) in [6.07, 6.45) is 2.13. The summed E-state index contributed by atoms with van der Waals surface area (Å²) in [7, 11) is 0. The molecule has 0 unspecified atom stereocenters. The lowest BCUT2D eigenvalue weighted by Gasteiger charge is -2.20. The summed E-state index contributed by atoms with van der Waals surface area (Å²) in [5.41, 5.74) is 3.95. The van der Waals surface area contributed by atoms with E-state index >= 15 is 0 Å². The summed E-state index contributed by atoms with van der Waals surface area (Å²) >= 11 is 1.86. The molecule has 0 spiro atoms. The number of nitrogens with one attached hydrogen (secondary N) is 1. The highest BCUT2D eigenvalue weighted by atomic mass is 32.2. The van der Waals surface area contributed by atoms with Gasteiger partial charge in [0.1, 0.15) is 0 Å². The first-order chi connectivity index (χ1) is 7.85. The molecule has 98 valence electrons. The molecular weight excluding hydrogens is 230 g/mol. The van der Waals surface area contributed by atoms with E-state index in [1.54, 1.807) is 0 Å². The zero-order chi connectivity index (χ0) is 13.1. The summed E-state index contributed by atoms with van der Waals surface area (Å²) < 4.78 is 2.13. The van der Waals surface area contributed by atoms with Crippen molar-refractivity contribution in [2.24, 2.45) is 0 Å². The predicted molar refractivity (Wildman–Crippen MR) is 76.7 cm³/mol. The van der Waals surface area contributed by atoms with Crippen LogP contribution in [0.25, 0.3) is 0 Å². The highest BCUT2D eigenvalue weighted by Crippen LogP contribution is 2.14. The third-order valence-electron chi connectivity index (χ3n) is 2.83. The second-order valence-electron chi connectivity index (χ2n) is 5.47. The van der Waals surface area contributed by atoms with Gasteiger partial charge in [0, 0.05) is 29.1 Å². The number of aryl methyl sites for hydroxylation is 2. The van der Waals surface area contributed by atoms with Crippen molar-refractivity contribution in [3.63, 3.8) is 0 Å². The van der Waals surface area contributed by atoms with Crippen molar-refractivity contribution in [2.45, 2.75) is 53.2 Å². The molecule has 1 N–H and O–H groups in total. The molecule has 1 aromatic rings. The van der Waals surface area contributed by atoms with Crippen LogP contribution in [0, 0.1) is 13.8 Å². The molecule has 4 heteroatoms. The number of thioether (sulfide) groups is 1. The number of rotatable bonds is 5.